The van der Waals surface area contributed by atoms with Gasteiger partial charge in [-0.2, -0.15) is 8.78 Å². The van der Waals surface area contributed by atoms with E-state index in [0.717, 1.165) is 28.6 Å². The molecule has 2 aromatic carbocycles. The highest BCUT2D eigenvalue weighted by molar-refractivity contribution is 7.17. The first-order valence-corrected chi connectivity index (χ1v) is 12.0. The molecule has 2 heterocycles. The molecule has 0 bridgehead atoms. The highest BCUT2D eigenvalue weighted by Crippen LogP contribution is 2.40. The van der Waals surface area contributed by atoms with Crippen molar-refractivity contribution in [2.45, 2.75) is 58.8 Å². The van der Waals surface area contributed by atoms with E-state index < -0.39 is 22.9 Å². The molecule has 9 heteroatoms. The minimum absolute atomic E-state index is 0.00723. The van der Waals surface area contributed by atoms with Crippen molar-refractivity contribution >= 4 is 26.1 Å². The summed E-state index contributed by atoms with van der Waals surface area (Å²) in [6.07, 6.45) is 0.756. The molecule has 6 nitrogen and oxygen atoms in total. The zero-order chi connectivity index (χ0) is 25.5. The van der Waals surface area contributed by atoms with Gasteiger partial charge < -0.3 is 25.3 Å². The predicted molar refractivity (Wildman–Crippen MR) is 134 cm³/mol. The second-order valence-electron chi connectivity index (χ2n) is 7.34. The smallest absolute Gasteiger partial charge is 0.305 e. The number of aromatic hydroxyl groups is 1. The lowest BCUT2D eigenvalue weighted by atomic mass is 9.97. The Morgan fingerprint density at radius 3 is 2.53 bits per heavy atom. The Hall–Kier alpha value is -2.70. The van der Waals surface area contributed by atoms with Crippen LogP contribution in [0.4, 0.5) is 8.78 Å². The number of hydrogen-bond donors (Lipinski definition) is 4. The van der Waals surface area contributed by atoms with Gasteiger partial charge in [-0.05, 0) is 54.4 Å². The third-order valence-electron chi connectivity index (χ3n) is 5.23. The second-order valence-corrected chi connectivity index (χ2v) is 8.07. The quantitative estimate of drug-likeness (QED) is 0.311. The number of aliphatic carboxylic acids is 1. The Balaban J connectivity index is 0.000000970. The van der Waals surface area contributed by atoms with Crippen LogP contribution in [0, 0.1) is 0 Å². The van der Waals surface area contributed by atoms with Crippen molar-refractivity contribution in [3.63, 3.8) is 0 Å². The number of alkyl halides is 2. The van der Waals surface area contributed by atoms with Crippen LogP contribution in [0.3, 0.4) is 0 Å². The molecule has 0 amide bonds. The van der Waals surface area contributed by atoms with E-state index in [4.69, 9.17) is 9.84 Å². The first-order valence-electron chi connectivity index (χ1n) is 11.4. The summed E-state index contributed by atoms with van der Waals surface area (Å²) in [5.41, 5.74) is -0.366. The number of aromatic nitrogens is 1. The number of nitrogens with one attached hydrogen (secondary N) is 2. The number of phenolic OH excluding ortho intramolecular Hbond substituents is 1. The standard InChI is InChI=1S/C21H21F2N2O4P.2C2H6/c22-21(23,30)15-7-11(1-4-18(15)26)10-29-12-2-3-16-14(8-12)13-5-6-24-17(9-19(27)28)20(13)25-16;2*1-2/h1-4,7-8,17,24-26H,5-6,9-10,30H2,(H,27,28);2*1-2H3. The van der Waals surface area contributed by atoms with Gasteiger partial charge in [0.1, 0.15) is 18.1 Å². The molecule has 0 saturated heterocycles. The fraction of sp³-hybridized carbons (Fsp3) is 0.400. The number of ether oxygens (including phenoxy) is 1. The maximum Gasteiger partial charge on any atom is 0.305 e. The average Bonchev–Trinajstić information content (AvgIpc) is 3.19. The average molecular weight is 495 g/mol. The Bertz CT molecular complexity index is 1110. The lowest BCUT2D eigenvalue weighted by molar-refractivity contribution is -0.137. The zero-order valence-electron chi connectivity index (χ0n) is 19.9. The molecule has 0 aliphatic carbocycles. The SMILES string of the molecule is CC.CC.O=C(O)CC1NCCc2c1[nH]c1ccc(OCc3ccc(O)c(C(F)(F)P)c3)cc21. The number of rotatable bonds is 6. The highest BCUT2D eigenvalue weighted by atomic mass is 31.0. The van der Waals surface area contributed by atoms with Crippen molar-refractivity contribution in [2.75, 3.05) is 6.54 Å². The van der Waals surface area contributed by atoms with Crippen LogP contribution in [0.2, 0.25) is 0 Å². The molecule has 4 N–H and O–H groups in total. The number of H-pyrrole nitrogens is 1. The number of phenols is 1. The maximum atomic E-state index is 13.6. The number of hydrogen-bond acceptors (Lipinski definition) is 4. The first-order chi connectivity index (χ1) is 16.2. The molecule has 2 unspecified atom stereocenters. The van der Waals surface area contributed by atoms with Gasteiger partial charge in [-0.3, -0.25) is 4.79 Å². The molecule has 186 valence electrons. The summed E-state index contributed by atoms with van der Waals surface area (Å²) in [6.45, 7) is 8.75. The Morgan fingerprint density at radius 1 is 1.18 bits per heavy atom. The topological polar surface area (TPSA) is 94.6 Å². The second kappa shape index (κ2) is 12.1. The molecule has 0 saturated carbocycles. The van der Waals surface area contributed by atoms with Crippen LogP contribution in [0.1, 0.15) is 62.5 Å². The molecular formula is C25H33F2N2O4P. The third kappa shape index (κ3) is 6.45. The molecule has 1 aromatic heterocycles. The van der Waals surface area contributed by atoms with E-state index in [1.807, 2.05) is 39.8 Å². The van der Waals surface area contributed by atoms with Crippen molar-refractivity contribution in [2.24, 2.45) is 0 Å². The molecule has 1 aliphatic heterocycles. The maximum absolute atomic E-state index is 13.6. The van der Waals surface area contributed by atoms with Crippen LogP contribution in [0.25, 0.3) is 10.9 Å². The Morgan fingerprint density at radius 2 is 1.88 bits per heavy atom. The molecule has 4 rings (SSSR count). The van der Waals surface area contributed by atoms with E-state index >= 15 is 0 Å². The lowest BCUT2D eigenvalue weighted by Gasteiger charge is -2.22. The molecule has 0 spiro atoms. The normalized spacial score (nSPS) is 14.9. The van der Waals surface area contributed by atoms with Gasteiger partial charge in [0.15, 0.2) is 0 Å². The predicted octanol–water partition coefficient (Wildman–Crippen LogP) is 6.09. The van der Waals surface area contributed by atoms with Gasteiger partial charge in [0.2, 0.25) is 0 Å². The number of carbonyl (C=O) groups is 1. The summed E-state index contributed by atoms with van der Waals surface area (Å²) in [7, 11) is 1.42. The summed E-state index contributed by atoms with van der Waals surface area (Å²) >= 11 is 0. The Kier molecular flexibility index (Phi) is 9.83. The number of carboxylic acids is 1. The lowest BCUT2D eigenvalue weighted by Crippen LogP contribution is -2.31. The summed E-state index contributed by atoms with van der Waals surface area (Å²) in [5.74, 6) is -0.763. The first kappa shape index (κ1) is 27.5. The molecular weight excluding hydrogens is 461 g/mol. The van der Waals surface area contributed by atoms with E-state index in [0.29, 0.717) is 17.9 Å². The summed E-state index contributed by atoms with van der Waals surface area (Å²) < 4.78 is 33.0. The zero-order valence-corrected chi connectivity index (χ0v) is 21.1. The van der Waals surface area contributed by atoms with Crippen molar-refractivity contribution < 1.29 is 28.5 Å². The van der Waals surface area contributed by atoms with Crippen LogP contribution in [-0.4, -0.2) is 27.7 Å². The van der Waals surface area contributed by atoms with E-state index in [2.05, 4.69) is 10.3 Å². The Labute approximate surface area is 200 Å². The molecule has 2 atom stereocenters. The van der Waals surface area contributed by atoms with E-state index in [1.54, 1.807) is 6.07 Å². The van der Waals surface area contributed by atoms with E-state index in [-0.39, 0.29) is 19.1 Å². The number of fused-ring (bicyclic) bond motifs is 3. The fourth-order valence-corrected chi connectivity index (χ4v) is 4.06. The van der Waals surface area contributed by atoms with Crippen LogP contribution in [-0.2, 0) is 23.5 Å². The molecule has 0 fully saturated rings. The van der Waals surface area contributed by atoms with Crippen molar-refractivity contribution in [3.8, 4) is 11.5 Å². The minimum Gasteiger partial charge on any atom is -0.507 e. The van der Waals surface area contributed by atoms with Gasteiger partial charge in [-0.25, -0.2) is 0 Å². The van der Waals surface area contributed by atoms with Gasteiger partial charge in [0.05, 0.1) is 18.0 Å². The fourth-order valence-electron chi connectivity index (χ4n) is 3.83. The van der Waals surface area contributed by atoms with Crippen molar-refractivity contribution in [1.29, 1.82) is 0 Å². The number of carboxylic acid groups (broad SMARTS) is 1. The highest BCUT2D eigenvalue weighted by Gasteiger charge is 2.28. The van der Waals surface area contributed by atoms with Gasteiger partial charge in [0, 0.05) is 16.6 Å². The van der Waals surface area contributed by atoms with Crippen LogP contribution >= 0.6 is 9.24 Å². The summed E-state index contributed by atoms with van der Waals surface area (Å²) in [5, 5.41) is 23.0. The van der Waals surface area contributed by atoms with E-state index in [1.165, 1.54) is 27.4 Å². The van der Waals surface area contributed by atoms with Gasteiger partial charge >= 0.3 is 5.97 Å². The van der Waals surface area contributed by atoms with Crippen molar-refractivity contribution in [3.05, 3.63) is 58.8 Å². The minimum atomic E-state index is -3.23. The number of halogens is 2. The van der Waals surface area contributed by atoms with Crippen LogP contribution < -0.4 is 10.1 Å². The number of benzene rings is 2. The molecule has 34 heavy (non-hydrogen) atoms. The monoisotopic (exact) mass is 494 g/mol. The van der Waals surface area contributed by atoms with Gasteiger partial charge in [0.25, 0.3) is 5.66 Å². The van der Waals surface area contributed by atoms with Crippen LogP contribution in [0.15, 0.2) is 36.4 Å². The van der Waals surface area contributed by atoms with Gasteiger partial charge in [-0.15, -0.1) is 0 Å². The summed E-state index contributed by atoms with van der Waals surface area (Å²) in [6, 6.07) is 9.23. The summed E-state index contributed by atoms with van der Waals surface area (Å²) in [4.78, 5) is 14.4. The van der Waals surface area contributed by atoms with Crippen molar-refractivity contribution in [1.82, 2.24) is 10.3 Å². The third-order valence-corrected chi connectivity index (χ3v) is 5.54. The molecule has 1 aliphatic rings. The van der Waals surface area contributed by atoms with E-state index in [9.17, 15) is 18.7 Å². The van der Waals surface area contributed by atoms with Crippen LogP contribution in [0.5, 0.6) is 11.5 Å². The largest absolute Gasteiger partial charge is 0.507 e. The molecule has 0 radical (unpaired) electrons. The van der Waals surface area contributed by atoms with Gasteiger partial charge in [-0.1, -0.05) is 43.0 Å². The molecule has 3 aromatic rings. The number of aromatic amines is 1.